The fourth-order valence-electron chi connectivity index (χ4n) is 2.81. The van der Waals surface area contributed by atoms with E-state index < -0.39 is 0 Å². The minimum atomic E-state index is 0.336. The molecule has 0 aliphatic carbocycles. The Bertz CT molecular complexity index is 402. The zero-order valence-corrected chi connectivity index (χ0v) is 13.9. The summed E-state index contributed by atoms with van der Waals surface area (Å²) in [6, 6.07) is 2.35. The lowest BCUT2D eigenvalue weighted by Gasteiger charge is -2.33. The number of rotatable bonds is 5. The van der Waals surface area contributed by atoms with E-state index >= 15 is 0 Å². The quantitative estimate of drug-likeness (QED) is 0.862. The lowest BCUT2D eigenvalue weighted by atomic mass is 9.98. The Morgan fingerprint density at radius 3 is 2.84 bits per heavy atom. The highest BCUT2D eigenvalue weighted by molar-refractivity contribution is 7.20. The first kappa shape index (κ1) is 15.6. The van der Waals surface area contributed by atoms with Gasteiger partial charge >= 0.3 is 0 Å². The van der Waals surface area contributed by atoms with Crippen molar-refractivity contribution >= 4 is 34.5 Å². The molecular formula is C14H22Cl2N2S. The van der Waals surface area contributed by atoms with E-state index in [1.54, 1.807) is 0 Å². The second-order valence-corrected chi connectivity index (χ2v) is 7.54. The van der Waals surface area contributed by atoms with Gasteiger partial charge in [0.05, 0.1) is 8.67 Å². The molecule has 0 saturated carbocycles. The summed E-state index contributed by atoms with van der Waals surface area (Å²) >= 11 is 13.8. The summed E-state index contributed by atoms with van der Waals surface area (Å²) in [5.74, 6) is 0.754. The van der Waals surface area contributed by atoms with E-state index in [1.807, 2.05) is 6.07 Å². The molecule has 0 amide bonds. The van der Waals surface area contributed by atoms with E-state index in [0.29, 0.717) is 6.04 Å². The molecule has 1 aliphatic rings. The fraction of sp³-hybridized carbons (Fsp3) is 0.714. The predicted octanol–water partition coefficient (Wildman–Crippen LogP) is 4.44. The van der Waals surface area contributed by atoms with Gasteiger partial charge in [-0.25, -0.2) is 0 Å². The third kappa shape index (κ3) is 4.08. The van der Waals surface area contributed by atoms with Gasteiger partial charge in [0.2, 0.25) is 0 Å². The molecule has 2 unspecified atom stereocenters. The summed E-state index contributed by atoms with van der Waals surface area (Å²) in [6.07, 6.45) is 2.62. The molecule has 1 aliphatic heterocycles. The molecule has 2 nitrogen and oxygen atoms in total. The van der Waals surface area contributed by atoms with Crippen molar-refractivity contribution in [2.75, 3.05) is 26.2 Å². The van der Waals surface area contributed by atoms with Crippen LogP contribution in [0.3, 0.4) is 0 Å². The molecule has 0 aromatic carbocycles. The van der Waals surface area contributed by atoms with E-state index in [2.05, 4.69) is 24.1 Å². The molecule has 1 fully saturated rings. The number of hydrogen-bond acceptors (Lipinski definition) is 3. The van der Waals surface area contributed by atoms with Crippen molar-refractivity contribution in [2.45, 2.75) is 32.7 Å². The minimum Gasteiger partial charge on any atom is -0.316 e. The van der Waals surface area contributed by atoms with Gasteiger partial charge in [-0.3, -0.25) is 4.90 Å². The maximum absolute atomic E-state index is 6.28. The Balaban J connectivity index is 2.01. The Morgan fingerprint density at radius 1 is 1.53 bits per heavy atom. The standard InChI is InChI=1S/C14H22Cl2N2S/c1-3-18(9-11-5-4-6-17-8-11)10(2)12-7-13(15)19-14(12)16/h7,10-11,17H,3-6,8-9H2,1-2H3. The zero-order chi connectivity index (χ0) is 13.8. The van der Waals surface area contributed by atoms with E-state index in [-0.39, 0.29) is 0 Å². The van der Waals surface area contributed by atoms with Crippen molar-refractivity contribution in [3.8, 4) is 0 Å². The van der Waals surface area contributed by atoms with E-state index in [0.717, 1.165) is 34.2 Å². The monoisotopic (exact) mass is 320 g/mol. The second kappa shape index (κ2) is 7.28. The molecule has 2 rings (SSSR count). The summed E-state index contributed by atoms with van der Waals surface area (Å²) in [6.45, 7) is 8.93. The van der Waals surface area contributed by atoms with Gasteiger partial charge in [0.25, 0.3) is 0 Å². The summed E-state index contributed by atoms with van der Waals surface area (Å²) in [4.78, 5) is 2.50. The number of halogens is 2. The summed E-state index contributed by atoms with van der Waals surface area (Å²) in [5.41, 5.74) is 1.17. The van der Waals surface area contributed by atoms with Crippen LogP contribution in [0.4, 0.5) is 0 Å². The highest BCUT2D eigenvalue weighted by Crippen LogP contribution is 2.37. The number of nitrogens with zero attached hydrogens (tertiary/aromatic N) is 1. The lowest BCUT2D eigenvalue weighted by Crippen LogP contribution is -2.39. The van der Waals surface area contributed by atoms with Crippen LogP contribution >= 0.6 is 34.5 Å². The van der Waals surface area contributed by atoms with Crippen molar-refractivity contribution in [3.63, 3.8) is 0 Å². The van der Waals surface area contributed by atoms with Gasteiger partial charge in [-0.2, -0.15) is 0 Å². The molecule has 5 heteroatoms. The van der Waals surface area contributed by atoms with Gasteiger partial charge in [0.15, 0.2) is 0 Å². The maximum atomic E-state index is 6.28. The highest BCUT2D eigenvalue weighted by atomic mass is 35.5. The molecule has 1 aromatic heterocycles. The SMILES string of the molecule is CCN(CC1CCCNC1)C(C)c1cc(Cl)sc1Cl. The average molecular weight is 321 g/mol. The first-order chi connectivity index (χ1) is 9.11. The van der Waals surface area contributed by atoms with Crippen LogP contribution in [0.1, 0.15) is 38.3 Å². The van der Waals surface area contributed by atoms with Crippen LogP contribution in [0, 0.1) is 5.92 Å². The zero-order valence-electron chi connectivity index (χ0n) is 11.6. The first-order valence-electron chi connectivity index (χ1n) is 7.01. The molecule has 0 bridgehead atoms. The van der Waals surface area contributed by atoms with Gasteiger partial charge < -0.3 is 5.32 Å². The third-order valence-corrected chi connectivity index (χ3v) is 5.50. The van der Waals surface area contributed by atoms with E-state index in [9.17, 15) is 0 Å². The average Bonchev–Trinajstić information content (AvgIpc) is 2.75. The third-order valence-electron chi connectivity index (χ3n) is 3.98. The van der Waals surface area contributed by atoms with Crippen molar-refractivity contribution in [1.29, 1.82) is 0 Å². The van der Waals surface area contributed by atoms with Gasteiger partial charge in [-0.05, 0) is 51.4 Å². The number of piperidine rings is 1. The second-order valence-electron chi connectivity index (χ2n) is 5.26. The van der Waals surface area contributed by atoms with Crippen molar-refractivity contribution < 1.29 is 0 Å². The molecular weight excluding hydrogens is 299 g/mol. The molecule has 2 atom stereocenters. The maximum Gasteiger partial charge on any atom is 0.0991 e. The molecule has 108 valence electrons. The molecule has 0 radical (unpaired) electrons. The van der Waals surface area contributed by atoms with E-state index in [4.69, 9.17) is 23.2 Å². The number of hydrogen-bond donors (Lipinski definition) is 1. The Kier molecular flexibility index (Phi) is 5.97. The van der Waals surface area contributed by atoms with Crippen LogP contribution in [0.15, 0.2) is 6.07 Å². The van der Waals surface area contributed by atoms with Crippen LogP contribution in [-0.2, 0) is 0 Å². The number of nitrogens with one attached hydrogen (secondary N) is 1. The minimum absolute atomic E-state index is 0.336. The topological polar surface area (TPSA) is 15.3 Å². The van der Waals surface area contributed by atoms with Gasteiger partial charge in [0, 0.05) is 18.2 Å². The highest BCUT2D eigenvalue weighted by Gasteiger charge is 2.23. The number of thiophene rings is 1. The van der Waals surface area contributed by atoms with Gasteiger partial charge in [-0.15, -0.1) is 11.3 Å². The lowest BCUT2D eigenvalue weighted by molar-refractivity contribution is 0.171. The fourth-order valence-corrected chi connectivity index (χ4v) is 4.44. The predicted molar refractivity (Wildman–Crippen MR) is 85.6 cm³/mol. The van der Waals surface area contributed by atoms with Gasteiger partial charge in [-0.1, -0.05) is 30.1 Å². The van der Waals surface area contributed by atoms with E-state index in [1.165, 1.54) is 36.3 Å². The Labute approximate surface area is 130 Å². The van der Waals surface area contributed by atoms with Crippen LogP contribution in [0.25, 0.3) is 0 Å². The molecule has 0 spiro atoms. The van der Waals surface area contributed by atoms with Crippen LogP contribution in [0.5, 0.6) is 0 Å². The van der Waals surface area contributed by atoms with Crippen molar-refractivity contribution in [2.24, 2.45) is 5.92 Å². The molecule has 1 saturated heterocycles. The molecule has 2 heterocycles. The molecule has 19 heavy (non-hydrogen) atoms. The smallest absolute Gasteiger partial charge is 0.0991 e. The Morgan fingerprint density at radius 2 is 2.32 bits per heavy atom. The van der Waals surface area contributed by atoms with Crippen LogP contribution in [-0.4, -0.2) is 31.1 Å². The van der Waals surface area contributed by atoms with Gasteiger partial charge in [0.1, 0.15) is 0 Å². The molecule has 1 N–H and O–H groups in total. The van der Waals surface area contributed by atoms with Crippen LogP contribution in [0.2, 0.25) is 8.67 Å². The summed E-state index contributed by atoms with van der Waals surface area (Å²) < 4.78 is 1.61. The van der Waals surface area contributed by atoms with Crippen LogP contribution < -0.4 is 5.32 Å². The Hall–Kier alpha value is 0.200. The van der Waals surface area contributed by atoms with Crippen molar-refractivity contribution in [1.82, 2.24) is 10.2 Å². The largest absolute Gasteiger partial charge is 0.316 e. The normalized spacial score (nSPS) is 21.8. The first-order valence-corrected chi connectivity index (χ1v) is 8.58. The summed E-state index contributed by atoms with van der Waals surface area (Å²) in [7, 11) is 0. The summed E-state index contributed by atoms with van der Waals surface area (Å²) in [5, 5.41) is 3.49. The molecule has 1 aromatic rings. The van der Waals surface area contributed by atoms with Crippen molar-refractivity contribution in [3.05, 3.63) is 20.3 Å².